The lowest BCUT2D eigenvalue weighted by Gasteiger charge is -2.20. The number of nitriles is 1. The normalized spacial score (nSPS) is 15.9. The minimum absolute atomic E-state index is 0.0741. The summed E-state index contributed by atoms with van der Waals surface area (Å²) in [5.74, 6) is -0.0410. The van der Waals surface area contributed by atoms with Gasteiger partial charge in [-0.1, -0.05) is 12.1 Å². The fourth-order valence-electron chi connectivity index (χ4n) is 4.66. The fraction of sp³-hybridized carbons (Fsp3) is 0.222. The Morgan fingerprint density at radius 1 is 1.24 bits per heavy atom. The molecular formula is C27H24FN5O3S. The number of nitrogens with one attached hydrogen (secondary N) is 2. The lowest BCUT2D eigenvalue weighted by Crippen LogP contribution is -2.29. The quantitative estimate of drug-likeness (QED) is 0.368. The number of nitrogens with zero attached hydrogens (tertiary/aromatic N) is 3. The highest BCUT2D eigenvalue weighted by Crippen LogP contribution is 2.32. The first kappa shape index (κ1) is 24.8. The van der Waals surface area contributed by atoms with Crippen molar-refractivity contribution >= 4 is 28.0 Å². The van der Waals surface area contributed by atoms with Gasteiger partial charge in [-0.2, -0.15) is 5.26 Å². The molecule has 0 saturated carbocycles. The second kappa shape index (κ2) is 10.2. The van der Waals surface area contributed by atoms with Crippen LogP contribution in [0.2, 0.25) is 0 Å². The van der Waals surface area contributed by atoms with Gasteiger partial charge in [0.1, 0.15) is 12.1 Å². The molecule has 0 amide bonds. The number of anilines is 1. The number of rotatable bonds is 6. The number of ether oxygens (including phenoxy) is 1. The SMILES string of the molecule is COc1ccc(-n2c(C3CCCN3)nc3c(-c4ccc(N[S+](C)[O-])cc4)cc(C#N)cc3c2=O)cc1F. The highest BCUT2D eigenvalue weighted by molar-refractivity contribution is 7.92. The van der Waals surface area contributed by atoms with Crippen LogP contribution in [0.3, 0.4) is 0 Å². The van der Waals surface area contributed by atoms with Crippen molar-refractivity contribution in [1.29, 1.82) is 5.26 Å². The first-order chi connectivity index (χ1) is 17.9. The van der Waals surface area contributed by atoms with Gasteiger partial charge in [0, 0.05) is 11.6 Å². The molecule has 1 aliphatic heterocycles. The first-order valence-electron chi connectivity index (χ1n) is 11.7. The van der Waals surface area contributed by atoms with Gasteiger partial charge in [0.15, 0.2) is 11.6 Å². The highest BCUT2D eigenvalue weighted by Gasteiger charge is 2.26. The van der Waals surface area contributed by atoms with Crippen molar-refractivity contribution in [2.45, 2.75) is 18.9 Å². The molecule has 10 heteroatoms. The number of halogens is 1. The number of hydrogen-bond acceptors (Lipinski definition) is 7. The van der Waals surface area contributed by atoms with E-state index in [0.717, 1.165) is 24.9 Å². The summed E-state index contributed by atoms with van der Waals surface area (Å²) in [5, 5.41) is 13.4. The van der Waals surface area contributed by atoms with Gasteiger partial charge < -0.3 is 14.6 Å². The summed E-state index contributed by atoms with van der Waals surface area (Å²) in [4.78, 5) is 18.9. The Morgan fingerprint density at radius 3 is 2.65 bits per heavy atom. The van der Waals surface area contributed by atoms with Crippen molar-refractivity contribution in [2.24, 2.45) is 0 Å². The Hall–Kier alpha value is -3.91. The standard InChI is InChI=1S/C27H24FN5O3S/c1-36-24-10-9-19(14-22(24)28)33-26(23-4-3-11-30-23)31-25-20(12-16(15-29)13-21(25)27(33)34)17-5-7-18(8-6-17)32-37(2)35/h5-10,12-14,23,30,32H,3-4,11H2,1-2H3. The second-order valence-corrected chi connectivity index (χ2v) is 9.86. The van der Waals surface area contributed by atoms with Crippen LogP contribution in [0, 0.1) is 17.1 Å². The second-order valence-electron chi connectivity index (χ2n) is 8.74. The van der Waals surface area contributed by atoms with Gasteiger partial charge in [0.2, 0.25) is 0 Å². The maximum absolute atomic E-state index is 14.7. The molecule has 37 heavy (non-hydrogen) atoms. The minimum atomic E-state index is -1.22. The van der Waals surface area contributed by atoms with Gasteiger partial charge in [0.05, 0.1) is 58.4 Å². The topological polar surface area (TPSA) is 115 Å². The Labute approximate surface area is 216 Å². The average Bonchev–Trinajstić information content (AvgIpc) is 3.43. The smallest absolute Gasteiger partial charge is 0.266 e. The van der Waals surface area contributed by atoms with Crippen molar-refractivity contribution in [1.82, 2.24) is 14.9 Å². The van der Waals surface area contributed by atoms with Crippen LogP contribution in [0.1, 0.15) is 30.3 Å². The summed E-state index contributed by atoms with van der Waals surface area (Å²) in [6.45, 7) is 0.781. The lowest BCUT2D eigenvalue weighted by atomic mass is 9.99. The van der Waals surface area contributed by atoms with Crippen molar-refractivity contribution in [3.63, 3.8) is 0 Å². The zero-order valence-corrected chi connectivity index (χ0v) is 21.1. The summed E-state index contributed by atoms with van der Waals surface area (Å²) >= 11 is -1.22. The van der Waals surface area contributed by atoms with E-state index in [0.29, 0.717) is 33.8 Å². The number of benzene rings is 3. The molecule has 2 unspecified atom stereocenters. The molecule has 8 nitrogen and oxygen atoms in total. The van der Waals surface area contributed by atoms with E-state index >= 15 is 0 Å². The molecule has 5 rings (SSSR count). The maximum atomic E-state index is 14.7. The molecule has 2 heterocycles. The first-order valence-corrected chi connectivity index (χ1v) is 13.2. The van der Waals surface area contributed by atoms with Crippen molar-refractivity contribution in [3.8, 4) is 28.6 Å². The third-order valence-electron chi connectivity index (χ3n) is 6.35. The summed E-state index contributed by atoms with van der Waals surface area (Å²) in [6, 6.07) is 16.7. The van der Waals surface area contributed by atoms with Gasteiger partial charge in [-0.05, 0) is 61.3 Å². The molecular weight excluding hydrogens is 493 g/mol. The van der Waals surface area contributed by atoms with Crippen LogP contribution in [0.5, 0.6) is 5.75 Å². The predicted octanol–water partition coefficient (Wildman–Crippen LogP) is 4.20. The Morgan fingerprint density at radius 2 is 2.03 bits per heavy atom. The zero-order valence-electron chi connectivity index (χ0n) is 20.2. The number of fused-ring (bicyclic) bond motifs is 1. The van der Waals surface area contributed by atoms with E-state index in [1.807, 2.05) is 12.1 Å². The molecule has 0 radical (unpaired) electrons. The van der Waals surface area contributed by atoms with Crippen molar-refractivity contribution in [3.05, 3.63) is 82.2 Å². The van der Waals surface area contributed by atoms with Crippen LogP contribution in [0.4, 0.5) is 10.1 Å². The van der Waals surface area contributed by atoms with Gasteiger partial charge in [-0.15, -0.1) is 0 Å². The van der Waals surface area contributed by atoms with Crippen LogP contribution in [0.25, 0.3) is 27.7 Å². The van der Waals surface area contributed by atoms with E-state index in [1.165, 1.54) is 29.9 Å². The zero-order chi connectivity index (χ0) is 26.1. The lowest BCUT2D eigenvalue weighted by molar-refractivity contribution is 0.386. The van der Waals surface area contributed by atoms with Crippen LogP contribution >= 0.6 is 0 Å². The largest absolute Gasteiger partial charge is 0.593 e. The van der Waals surface area contributed by atoms with Crippen LogP contribution < -0.4 is 20.3 Å². The van der Waals surface area contributed by atoms with Crippen LogP contribution in [0.15, 0.2) is 59.4 Å². The van der Waals surface area contributed by atoms with E-state index in [-0.39, 0.29) is 17.2 Å². The van der Waals surface area contributed by atoms with Gasteiger partial charge in [-0.25, -0.2) is 14.1 Å². The summed E-state index contributed by atoms with van der Waals surface area (Å²) < 4.78 is 35.5. The number of aromatic nitrogens is 2. The summed E-state index contributed by atoms with van der Waals surface area (Å²) in [6.07, 6.45) is 3.24. The van der Waals surface area contributed by atoms with Gasteiger partial charge in [-0.3, -0.25) is 9.36 Å². The molecule has 2 atom stereocenters. The average molecular weight is 518 g/mol. The number of methoxy groups -OCH3 is 1. The Kier molecular flexibility index (Phi) is 6.84. The van der Waals surface area contributed by atoms with Crippen molar-refractivity contribution in [2.75, 3.05) is 24.6 Å². The molecule has 0 aliphatic carbocycles. The van der Waals surface area contributed by atoms with Gasteiger partial charge >= 0.3 is 0 Å². The molecule has 4 aromatic rings. The van der Waals surface area contributed by atoms with E-state index in [4.69, 9.17) is 9.72 Å². The third kappa shape index (κ3) is 4.76. The van der Waals surface area contributed by atoms with E-state index in [1.54, 1.807) is 30.5 Å². The minimum Gasteiger partial charge on any atom is -0.593 e. The molecule has 1 fully saturated rings. The molecule has 3 aromatic carbocycles. The van der Waals surface area contributed by atoms with E-state index < -0.39 is 22.7 Å². The monoisotopic (exact) mass is 517 g/mol. The van der Waals surface area contributed by atoms with E-state index in [2.05, 4.69) is 16.1 Å². The van der Waals surface area contributed by atoms with Crippen molar-refractivity contribution < 1.29 is 13.7 Å². The molecule has 1 aliphatic rings. The molecule has 1 aromatic heterocycles. The van der Waals surface area contributed by atoms with E-state index in [9.17, 15) is 19.0 Å². The Bertz CT molecular complexity index is 1570. The highest BCUT2D eigenvalue weighted by atomic mass is 32.2. The summed E-state index contributed by atoms with van der Waals surface area (Å²) in [5.41, 5.74) is 2.75. The predicted molar refractivity (Wildman–Crippen MR) is 142 cm³/mol. The molecule has 188 valence electrons. The van der Waals surface area contributed by atoms with Crippen LogP contribution in [-0.4, -0.2) is 34.0 Å². The fourth-order valence-corrected chi connectivity index (χ4v) is 5.13. The van der Waals surface area contributed by atoms with Gasteiger partial charge in [0.25, 0.3) is 5.56 Å². The molecule has 2 N–H and O–H groups in total. The Balaban J connectivity index is 1.77. The molecule has 0 bridgehead atoms. The number of hydrogen-bond donors (Lipinski definition) is 2. The molecule has 0 spiro atoms. The molecule has 1 saturated heterocycles. The third-order valence-corrected chi connectivity index (χ3v) is 6.87. The maximum Gasteiger partial charge on any atom is 0.266 e. The summed E-state index contributed by atoms with van der Waals surface area (Å²) in [7, 11) is 1.38. The van der Waals surface area contributed by atoms with Crippen LogP contribution in [-0.2, 0) is 11.4 Å².